The van der Waals surface area contributed by atoms with Crippen LogP contribution in [0.1, 0.15) is 0 Å². The van der Waals surface area contributed by atoms with E-state index in [0.717, 1.165) is 5.69 Å². The van der Waals surface area contributed by atoms with Gasteiger partial charge in [-0.05, 0) is 30.3 Å². The van der Waals surface area contributed by atoms with Crippen molar-refractivity contribution in [2.45, 2.75) is 0 Å². The number of nitrogens with zero attached hydrogens (tertiary/aromatic N) is 2. The zero-order valence-corrected chi connectivity index (χ0v) is 11.1. The Bertz CT molecular complexity index is 731. The van der Waals surface area contributed by atoms with Crippen molar-refractivity contribution in [1.82, 2.24) is 9.97 Å². The second-order valence-corrected chi connectivity index (χ2v) is 4.41. The van der Waals surface area contributed by atoms with Gasteiger partial charge >= 0.3 is 0 Å². The first-order valence-electron chi connectivity index (χ1n) is 6.46. The number of benzene rings is 2. The Kier molecular flexibility index (Phi) is 3.73. The quantitative estimate of drug-likeness (QED) is 0.755. The van der Waals surface area contributed by atoms with E-state index in [2.05, 4.69) is 20.6 Å². The first-order valence-corrected chi connectivity index (χ1v) is 6.46. The van der Waals surface area contributed by atoms with Gasteiger partial charge in [-0.3, -0.25) is 0 Å². The van der Waals surface area contributed by atoms with Gasteiger partial charge in [0.2, 0.25) is 0 Å². The van der Waals surface area contributed by atoms with Crippen molar-refractivity contribution in [3.63, 3.8) is 0 Å². The van der Waals surface area contributed by atoms with Crippen LogP contribution in [-0.2, 0) is 0 Å². The lowest BCUT2D eigenvalue weighted by molar-refractivity contribution is 0.628. The summed E-state index contributed by atoms with van der Waals surface area (Å²) in [7, 11) is 0. The van der Waals surface area contributed by atoms with Gasteiger partial charge in [-0.15, -0.1) is 0 Å². The zero-order valence-electron chi connectivity index (χ0n) is 11.1. The van der Waals surface area contributed by atoms with E-state index in [0.29, 0.717) is 17.3 Å². The molecule has 1 heterocycles. The Hall–Kier alpha value is -2.95. The molecule has 2 N–H and O–H groups in total. The molecule has 0 aliphatic heterocycles. The summed E-state index contributed by atoms with van der Waals surface area (Å²) >= 11 is 0. The average Bonchev–Trinajstić information content (AvgIpc) is 2.49. The highest BCUT2D eigenvalue weighted by molar-refractivity contribution is 5.62. The minimum Gasteiger partial charge on any atom is -0.340 e. The Balaban J connectivity index is 1.77. The van der Waals surface area contributed by atoms with Gasteiger partial charge in [0.25, 0.3) is 0 Å². The molecule has 0 aliphatic carbocycles. The van der Waals surface area contributed by atoms with Crippen LogP contribution < -0.4 is 10.6 Å². The maximum Gasteiger partial charge on any atom is 0.135 e. The van der Waals surface area contributed by atoms with Crippen molar-refractivity contribution in [2.24, 2.45) is 0 Å². The third-order valence-corrected chi connectivity index (χ3v) is 2.81. The third-order valence-electron chi connectivity index (χ3n) is 2.81. The van der Waals surface area contributed by atoms with Crippen molar-refractivity contribution >= 4 is 23.0 Å². The van der Waals surface area contributed by atoms with E-state index in [-0.39, 0.29) is 5.82 Å². The lowest BCUT2D eigenvalue weighted by Crippen LogP contribution is -1.98. The molecular weight excluding hydrogens is 267 g/mol. The summed E-state index contributed by atoms with van der Waals surface area (Å²) in [5.41, 5.74) is 1.58. The number of hydrogen-bond acceptors (Lipinski definition) is 4. The second-order valence-electron chi connectivity index (χ2n) is 4.41. The molecule has 0 spiro atoms. The summed E-state index contributed by atoms with van der Waals surface area (Å²) in [6.45, 7) is 0. The Morgan fingerprint density at radius 1 is 0.714 bits per heavy atom. The summed E-state index contributed by atoms with van der Waals surface area (Å²) in [4.78, 5) is 8.28. The molecule has 3 rings (SSSR count). The van der Waals surface area contributed by atoms with Crippen molar-refractivity contribution in [3.8, 4) is 0 Å². The summed E-state index contributed by atoms with van der Waals surface area (Å²) in [6, 6.07) is 17.7. The van der Waals surface area contributed by atoms with Gasteiger partial charge in [0.05, 0.1) is 0 Å². The summed E-state index contributed by atoms with van der Waals surface area (Å²) in [5.74, 6) is 0.959. The van der Waals surface area contributed by atoms with Gasteiger partial charge in [-0.25, -0.2) is 14.4 Å². The lowest BCUT2D eigenvalue weighted by atomic mass is 10.3. The zero-order chi connectivity index (χ0) is 14.5. The Morgan fingerprint density at radius 3 is 2.10 bits per heavy atom. The summed E-state index contributed by atoms with van der Waals surface area (Å²) in [6.07, 6.45) is 1.45. The monoisotopic (exact) mass is 280 g/mol. The van der Waals surface area contributed by atoms with E-state index in [9.17, 15) is 4.39 Å². The van der Waals surface area contributed by atoms with Crippen LogP contribution in [0.5, 0.6) is 0 Å². The standard InChI is InChI=1S/C16H13FN4/c17-12-5-4-8-14(9-12)21-16-10-15(18-11-19-16)20-13-6-2-1-3-7-13/h1-11H,(H2,18,19,20,21). The average molecular weight is 280 g/mol. The Morgan fingerprint density at radius 2 is 1.38 bits per heavy atom. The van der Waals surface area contributed by atoms with E-state index in [1.54, 1.807) is 18.2 Å². The molecule has 0 amide bonds. The Labute approximate surface area is 121 Å². The molecule has 3 aromatic rings. The molecule has 2 aromatic carbocycles. The van der Waals surface area contributed by atoms with Crippen LogP contribution in [0.25, 0.3) is 0 Å². The maximum atomic E-state index is 13.2. The first-order chi connectivity index (χ1) is 10.3. The smallest absolute Gasteiger partial charge is 0.135 e. The number of aromatic nitrogens is 2. The van der Waals surface area contributed by atoms with Gasteiger partial charge in [0.15, 0.2) is 0 Å². The van der Waals surface area contributed by atoms with Crippen molar-refractivity contribution in [2.75, 3.05) is 10.6 Å². The minimum atomic E-state index is -0.295. The molecule has 104 valence electrons. The van der Waals surface area contributed by atoms with Crippen molar-refractivity contribution in [3.05, 3.63) is 72.8 Å². The van der Waals surface area contributed by atoms with Crippen LogP contribution in [-0.4, -0.2) is 9.97 Å². The number of hydrogen-bond donors (Lipinski definition) is 2. The molecule has 0 radical (unpaired) electrons. The fourth-order valence-corrected chi connectivity index (χ4v) is 1.88. The summed E-state index contributed by atoms with van der Waals surface area (Å²) < 4.78 is 13.2. The molecule has 0 atom stereocenters. The molecule has 1 aromatic heterocycles. The normalized spacial score (nSPS) is 10.1. The number of para-hydroxylation sites is 1. The molecule has 0 bridgehead atoms. The second kappa shape index (κ2) is 6.00. The van der Waals surface area contributed by atoms with Crippen molar-refractivity contribution < 1.29 is 4.39 Å². The highest BCUT2D eigenvalue weighted by atomic mass is 19.1. The van der Waals surface area contributed by atoms with Gasteiger partial charge in [-0.1, -0.05) is 24.3 Å². The van der Waals surface area contributed by atoms with Gasteiger partial charge in [0.1, 0.15) is 23.8 Å². The van der Waals surface area contributed by atoms with E-state index in [1.165, 1.54) is 18.5 Å². The fraction of sp³-hybridized carbons (Fsp3) is 0. The van der Waals surface area contributed by atoms with E-state index in [4.69, 9.17) is 0 Å². The van der Waals surface area contributed by atoms with Gasteiger partial charge in [0, 0.05) is 17.4 Å². The highest BCUT2D eigenvalue weighted by Gasteiger charge is 2.01. The van der Waals surface area contributed by atoms with Crippen LogP contribution in [0.3, 0.4) is 0 Å². The maximum absolute atomic E-state index is 13.2. The molecule has 0 aliphatic rings. The van der Waals surface area contributed by atoms with Gasteiger partial charge < -0.3 is 10.6 Å². The van der Waals surface area contributed by atoms with Crippen LogP contribution >= 0.6 is 0 Å². The van der Waals surface area contributed by atoms with Crippen LogP contribution in [0, 0.1) is 5.82 Å². The molecule has 21 heavy (non-hydrogen) atoms. The van der Waals surface area contributed by atoms with E-state index in [1.807, 2.05) is 30.3 Å². The molecule has 0 saturated carbocycles. The van der Waals surface area contributed by atoms with Crippen LogP contribution in [0.2, 0.25) is 0 Å². The third kappa shape index (κ3) is 3.54. The first kappa shape index (κ1) is 13.1. The number of nitrogens with one attached hydrogen (secondary N) is 2. The highest BCUT2D eigenvalue weighted by Crippen LogP contribution is 2.19. The molecule has 4 nitrogen and oxygen atoms in total. The molecule has 0 fully saturated rings. The summed E-state index contributed by atoms with van der Waals surface area (Å²) in [5, 5.41) is 6.22. The molecule has 5 heteroatoms. The van der Waals surface area contributed by atoms with Crippen LogP contribution in [0.4, 0.5) is 27.4 Å². The van der Waals surface area contributed by atoms with Crippen LogP contribution in [0.15, 0.2) is 67.0 Å². The topological polar surface area (TPSA) is 49.8 Å². The number of rotatable bonds is 4. The fourth-order valence-electron chi connectivity index (χ4n) is 1.88. The predicted octanol–water partition coefficient (Wildman–Crippen LogP) is 4.10. The predicted molar refractivity (Wildman–Crippen MR) is 81.4 cm³/mol. The minimum absolute atomic E-state index is 0.295. The van der Waals surface area contributed by atoms with E-state index < -0.39 is 0 Å². The van der Waals surface area contributed by atoms with Gasteiger partial charge in [-0.2, -0.15) is 0 Å². The van der Waals surface area contributed by atoms with Crippen molar-refractivity contribution in [1.29, 1.82) is 0 Å². The van der Waals surface area contributed by atoms with E-state index >= 15 is 0 Å². The largest absolute Gasteiger partial charge is 0.340 e. The lowest BCUT2D eigenvalue weighted by Gasteiger charge is -2.08. The number of anilines is 4. The molecule has 0 saturated heterocycles. The molecular formula is C16H13FN4. The number of halogens is 1. The molecule has 0 unspecified atom stereocenters. The SMILES string of the molecule is Fc1cccc(Nc2cc(Nc3ccccc3)ncn2)c1.